The molecule has 0 aromatic heterocycles. The molecule has 0 unspecified atom stereocenters. The fourth-order valence-electron chi connectivity index (χ4n) is 32.7. The van der Waals surface area contributed by atoms with Crippen LogP contribution in [-0.2, 0) is 85.9 Å². The van der Waals surface area contributed by atoms with Crippen molar-refractivity contribution in [2.45, 2.75) is 365 Å². The Bertz CT molecular complexity index is 6180. The molecule has 0 saturated carbocycles. The molecule has 0 N–H and O–H groups in total. The lowest BCUT2D eigenvalue weighted by Crippen LogP contribution is -2.62. The van der Waals surface area contributed by atoms with Gasteiger partial charge in [0.15, 0.2) is 0 Å². The molecule has 0 saturated heterocycles. The van der Waals surface area contributed by atoms with Gasteiger partial charge in [-0.15, -0.1) is 0 Å². The molecule has 0 heterocycles. The summed E-state index contributed by atoms with van der Waals surface area (Å²) < 4.78 is 0. The summed E-state index contributed by atoms with van der Waals surface area (Å²) in [6, 6.07) is 101. The molecule has 0 radical (unpaired) electrons. The van der Waals surface area contributed by atoms with Gasteiger partial charge in [-0.05, 0) is 354 Å². The molecule has 132 heavy (non-hydrogen) atoms. The molecule has 12 aromatic carbocycles. The van der Waals surface area contributed by atoms with Crippen LogP contribution in [0, 0.1) is 0 Å². The van der Waals surface area contributed by atoms with Gasteiger partial charge in [-0.1, -0.05) is 385 Å². The van der Waals surface area contributed by atoms with Crippen molar-refractivity contribution in [1.82, 2.24) is 0 Å². The predicted octanol–water partition coefficient (Wildman–Crippen LogP) is 31.6. The van der Waals surface area contributed by atoms with Gasteiger partial charge in [0.2, 0.25) is 0 Å². The molecular formula is C130H140Si2. The number of rotatable bonds is 6. The van der Waals surface area contributed by atoms with E-state index in [9.17, 15) is 0 Å². The van der Waals surface area contributed by atoms with E-state index in [-0.39, 0.29) is 88.7 Å². The normalized spacial score (nSPS) is 28.4. The second-order valence-corrected chi connectivity index (χ2v) is 61.1. The van der Waals surface area contributed by atoms with Gasteiger partial charge in [0.05, 0.1) is 0 Å². The van der Waals surface area contributed by atoms with Crippen molar-refractivity contribution in [3.8, 4) is 0 Å². The van der Waals surface area contributed by atoms with Gasteiger partial charge < -0.3 is 0 Å². The predicted molar refractivity (Wildman–Crippen MR) is 553 cm³/mol. The first kappa shape index (κ1) is 83.6. The molecule has 18 aliphatic rings. The molecule has 0 nitrogen and oxygen atoms in total. The minimum absolute atomic E-state index is 0.0337. The van der Waals surface area contributed by atoms with E-state index in [4.69, 9.17) is 0 Å². The van der Waals surface area contributed by atoms with Crippen molar-refractivity contribution in [2.75, 3.05) is 0 Å². The summed E-state index contributed by atoms with van der Waals surface area (Å²) >= 11 is 0. The molecule has 0 aliphatic heterocycles. The van der Waals surface area contributed by atoms with Gasteiger partial charge in [-0.2, -0.15) is 0 Å². The highest BCUT2D eigenvalue weighted by Crippen LogP contribution is 2.74. The Kier molecular flexibility index (Phi) is 16.4. The molecule has 18 aliphatic carbocycles. The van der Waals surface area contributed by atoms with Gasteiger partial charge in [0.25, 0.3) is 0 Å². The van der Waals surface area contributed by atoms with Gasteiger partial charge >= 0.3 is 0 Å². The zero-order valence-corrected chi connectivity index (χ0v) is 86.0. The molecular weight excluding hydrogens is 1620 g/mol. The molecule has 30 rings (SSSR count). The summed E-state index contributed by atoms with van der Waals surface area (Å²) in [5.74, 6) is 0.234. The molecule has 0 fully saturated rings. The van der Waals surface area contributed by atoms with Gasteiger partial charge in [0.1, 0.15) is 0 Å². The maximum atomic E-state index is 3.06. The van der Waals surface area contributed by atoms with Crippen molar-refractivity contribution in [3.05, 3.63) is 419 Å². The molecule has 2 heteroatoms. The van der Waals surface area contributed by atoms with Crippen molar-refractivity contribution < 1.29 is 0 Å². The zero-order valence-electron chi connectivity index (χ0n) is 84.0. The van der Waals surface area contributed by atoms with E-state index in [0.29, 0.717) is 0 Å². The first-order valence-corrected chi connectivity index (χ1v) is 56.2. The molecule has 12 aromatic rings. The first-order valence-electron chi connectivity index (χ1n) is 51.8. The number of hydrogen-bond acceptors (Lipinski definition) is 0. The molecule has 0 atom stereocenters. The topological polar surface area (TPSA) is 0 Å². The Morgan fingerprint density at radius 2 is 0.288 bits per heavy atom. The summed E-state index contributed by atoms with van der Waals surface area (Å²) in [6.45, 7) is 63.7. The Labute approximate surface area is 793 Å². The standard InChI is InChI=1S/C130H140Si2/c1-115(2)49-55-121(13,14)105-67-93-81(61-99(105)115)113-82-62-100-106(122(15,16)56-50-116(100,3)4)68-94(82)127(93,95-69-107-101(63-83(95)113)117(5,6)51-57-123(107,17)18)73-131(129-87-43-31-25-37-75(87)111(76-38-26-32-44-88(76)129)77-39-27-33-45-89(77)129)132(130-90-46-34-28-40-78(90)112(79-41-29-35-47-91(79)130)80-42-30-36-48-92(80)130)74-128-96-70-108-102(118(7,8)52-58-124(108,19)20)64-84(96)114(85-65-103-109(71-97(85)128)125(21,22)59-53-119(103,9)10)86-66-104-110(72-98(86)128)126(23,24)60-54-120(104,11)12/h25-48,61-72,111-114H,49-60,73-74H2,1-24H3/b132-131-. The highest BCUT2D eigenvalue weighted by atomic mass is 28.9. The van der Waals surface area contributed by atoms with E-state index in [1.165, 1.54) is 71.9 Å². The van der Waals surface area contributed by atoms with E-state index in [1.807, 2.05) is 0 Å². The lowest BCUT2D eigenvalue weighted by Gasteiger charge is -2.61. The van der Waals surface area contributed by atoms with Crippen molar-refractivity contribution in [3.63, 3.8) is 0 Å². The van der Waals surface area contributed by atoms with Crippen LogP contribution in [0.5, 0.6) is 0 Å². The SMILES string of the molecule is CC1(C)CCC(C)(C)c2cc3c(cc21)C1c2cc4c(cc2C3(C/[Si](=[Si](\CC23c5cc6c(cc5C(c5cc7c(cc52)C(C)(C)CCC7(C)C)c2cc5c(cc23)C(C)(C)CCC5(C)C)C(C)(C)CCC6(C)C)C23c5ccccc5C(c5ccccc52)c2ccccc23)C23c5ccccc5C(c5ccccc52)c2ccccc23)c2cc3c(cc21)C(C)(C)CCC3(C)C)C(C)(C)CCC4(C)C. The Morgan fingerprint density at radius 3 is 0.439 bits per heavy atom. The summed E-state index contributed by atoms with van der Waals surface area (Å²) in [4.78, 5) is 0. The molecule has 8 bridgehead atoms. The number of hydrogen-bond donors (Lipinski definition) is 0. The Morgan fingerprint density at radius 1 is 0.159 bits per heavy atom. The van der Waals surface area contributed by atoms with Crippen molar-refractivity contribution in [1.29, 1.82) is 0 Å². The molecule has 668 valence electrons. The summed E-state index contributed by atoms with van der Waals surface area (Å²) in [5.41, 5.74) is 55.4. The first-order chi connectivity index (χ1) is 62.3. The van der Waals surface area contributed by atoms with E-state index in [0.717, 1.165) is 50.6 Å². The van der Waals surface area contributed by atoms with E-state index >= 15 is 0 Å². The average Bonchev–Trinajstić information content (AvgIpc) is 0.650. The summed E-state index contributed by atoms with van der Waals surface area (Å²) in [6.07, 6.45) is 13.9. The minimum atomic E-state index is -2.45. The van der Waals surface area contributed by atoms with Crippen LogP contribution >= 0.6 is 0 Å². The highest BCUT2D eigenvalue weighted by Gasteiger charge is 2.67. The smallest absolute Gasteiger partial charge is 0.0488 e. The van der Waals surface area contributed by atoms with Crippen LogP contribution in [0.2, 0.25) is 12.1 Å². The van der Waals surface area contributed by atoms with Crippen molar-refractivity contribution >= 4 is 15.8 Å². The summed E-state index contributed by atoms with van der Waals surface area (Å²) in [5, 5.41) is -1.32. The lowest BCUT2D eigenvalue weighted by atomic mass is 9.49. The van der Waals surface area contributed by atoms with Gasteiger partial charge in [0, 0.05) is 60.4 Å². The van der Waals surface area contributed by atoms with Crippen molar-refractivity contribution in [2.24, 2.45) is 0 Å². The lowest BCUT2D eigenvalue weighted by molar-refractivity contribution is 0.327. The zero-order chi connectivity index (χ0) is 91.6. The largest absolute Gasteiger partial charge is 0.0619 e. The van der Waals surface area contributed by atoms with E-state index in [1.54, 1.807) is 167 Å². The van der Waals surface area contributed by atoms with E-state index in [2.05, 4.69) is 385 Å². The van der Waals surface area contributed by atoms with Gasteiger partial charge in [-0.25, -0.2) is 0 Å². The fourth-order valence-corrected chi connectivity index (χ4v) is 48.1. The van der Waals surface area contributed by atoms with Crippen LogP contribution < -0.4 is 0 Å². The average molecular weight is 1760 g/mol. The fraction of sp³-hybridized carbons (Fsp3) is 0.446. The van der Waals surface area contributed by atoms with Crippen LogP contribution in [0.3, 0.4) is 0 Å². The third kappa shape index (κ3) is 10.2. The van der Waals surface area contributed by atoms with Crippen LogP contribution in [0.1, 0.15) is 467 Å². The van der Waals surface area contributed by atoms with Crippen LogP contribution in [0.4, 0.5) is 0 Å². The van der Waals surface area contributed by atoms with Crippen LogP contribution in [0.15, 0.2) is 218 Å². The van der Waals surface area contributed by atoms with Gasteiger partial charge in [-0.3, -0.25) is 0 Å². The maximum Gasteiger partial charge on any atom is 0.0488 e. The number of benzene rings is 12. The molecule has 0 spiro atoms. The minimum Gasteiger partial charge on any atom is -0.0619 e. The van der Waals surface area contributed by atoms with E-state index < -0.39 is 36.7 Å². The third-order valence-electron chi connectivity index (χ3n) is 41.0. The Balaban J connectivity index is 0.958. The van der Waals surface area contributed by atoms with Crippen LogP contribution in [-0.4, -0.2) is 15.8 Å². The summed E-state index contributed by atoms with van der Waals surface area (Å²) in [7, 11) is -4.90. The third-order valence-corrected chi connectivity index (χ3v) is 52.4. The Hall–Kier alpha value is -8.93. The highest BCUT2D eigenvalue weighted by molar-refractivity contribution is 7.01. The second kappa shape index (κ2) is 25.9. The second-order valence-electron chi connectivity index (χ2n) is 53.4. The quantitative estimate of drug-likeness (QED) is 0.146. The molecule has 0 amide bonds. The van der Waals surface area contributed by atoms with Crippen LogP contribution in [0.25, 0.3) is 0 Å². The monoisotopic (exact) mass is 1760 g/mol. The maximum absolute atomic E-state index is 3.06. The number of fused-ring (bicyclic) bond motifs is 6.